The summed E-state index contributed by atoms with van der Waals surface area (Å²) in [5.74, 6) is -0.859. The largest absolute Gasteiger partial charge is 0.493 e. The lowest BCUT2D eigenvalue weighted by Crippen LogP contribution is -2.10. The van der Waals surface area contributed by atoms with E-state index in [2.05, 4.69) is 10.1 Å². The normalized spacial score (nSPS) is 12.6. The fraction of sp³-hybridized carbons (Fsp3) is 0.143. The molecule has 0 spiro atoms. The summed E-state index contributed by atoms with van der Waals surface area (Å²) in [5.41, 5.74) is -1.99. The van der Waals surface area contributed by atoms with Crippen LogP contribution in [0.25, 0.3) is 5.65 Å². The quantitative estimate of drug-likeness (QED) is 0.694. The average molecular weight is 389 g/mol. The molecule has 1 N–H and O–H groups in total. The standard InChI is InChI=1S/C14H10F3N3O3S2/c1-24-13-11(25(22,23)8-5-3-2-4-6-8)12-18-9(14(15,16)17)7-10(21)20(12)19-13/h2-7,21H,1H3. The van der Waals surface area contributed by atoms with Gasteiger partial charge in [-0.2, -0.15) is 22.8 Å². The van der Waals surface area contributed by atoms with Crippen LogP contribution in [0.2, 0.25) is 0 Å². The Kier molecular flexibility index (Phi) is 4.15. The second-order valence-corrected chi connectivity index (χ2v) is 7.57. The third kappa shape index (κ3) is 2.93. The third-order valence-electron chi connectivity index (χ3n) is 3.30. The molecule has 0 amide bonds. The van der Waals surface area contributed by atoms with Gasteiger partial charge in [0.1, 0.15) is 5.03 Å². The van der Waals surface area contributed by atoms with Gasteiger partial charge >= 0.3 is 6.18 Å². The van der Waals surface area contributed by atoms with Crippen molar-refractivity contribution in [3.8, 4) is 5.88 Å². The Bertz CT molecular complexity index is 1050. The van der Waals surface area contributed by atoms with Crippen molar-refractivity contribution in [3.05, 3.63) is 42.1 Å². The van der Waals surface area contributed by atoms with Crippen LogP contribution in [0, 0.1) is 0 Å². The van der Waals surface area contributed by atoms with Crippen molar-refractivity contribution in [2.24, 2.45) is 0 Å². The van der Waals surface area contributed by atoms with Crippen LogP contribution in [-0.2, 0) is 16.0 Å². The highest BCUT2D eigenvalue weighted by Crippen LogP contribution is 2.36. The van der Waals surface area contributed by atoms with Crippen molar-refractivity contribution in [3.63, 3.8) is 0 Å². The lowest BCUT2D eigenvalue weighted by Gasteiger charge is -2.08. The number of thioether (sulfide) groups is 1. The van der Waals surface area contributed by atoms with Crippen molar-refractivity contribution >= 4 is 27.2 Å². The Morgan fingerprint density at radius 1 is 1.20 bits per heavy atom. The number of halogens is 3. The van der Waals surface area contributed by atoms with Crippen LogP contribution in [0.15, 0.2) is 51.2 Å². The van der Waals surface area contributed by atoms with Gasteiger partial charge in [-0.15, -0.1) is 11.8 Å². The lowest BCUT2D eigenvalue weighted by atomic mass is 10.4. The third-order valence-corrected chi connectivity index (χ3v) is 5.91. The molecule has 0 aliphatic carbocycles. The molecular weight excluding hydrogens is 379 g/mol. The molecule has 0 saturated heterocycles. The molecule has 3 rings (SSSR count). The summed E-state index contributed by atoms with van der Waals surface area (Å²) >= 11 is 0.921. The van der Waals surface area contributed by atoms with Crippen molar-refractivity contribution < 1.29 is 26.7 Å². The summed E-state index contributed by atoms with van der Waals surface area (Å²) in [6.07, 6.45) is -3.33. The zero-order chi connectivity index (χ0) is 18.4. The van der Waals surface area contributed by atoms with Crippen molar-refractivity contribution in [1.29, 1.82) is 0 Å². The minimum atomic E-state index is -4.85. The predicted octanol–water partition coefficient (Wildman–Crippen LogP) is 3.01. The van der Waals surface area contributed by atoms with Crippen LogP contribution in [-0.4, -0.2) is 34.4 Å². The lowest BCUT2D eigenvalue weighted by molar-refractivity contribution is -0.141. The van der Waals surface area contributed by atoms with Gasteiger partial charge in [-0.05, 0) is 18.4 Å². The zero-order valence-electron chi connectivity index (χ0n) is 12.5. The van der Waals surface area contributed by atoms with E-state index in [9.17, 15) is 26.7 Å². The van der Waals surface area contributed by atoms with Crippen molar-refractivity contribution in [2.45, 2.75) is 21.0 Å². The van der Waals surface area contributed by atoms with Crippen LogP contribution in [0.1, 0.15) is 5.69 Å². The first-order valence-corrected chi connectivity index (χ1v) is 9.41. The Balaban J connectivity index is 2.40. The Labute approximate surface area is 144 Å². The van der Waals surface area contributed by atoms with Gasteiger partial charge < -0.3 is 5.11 Å². The minimum Gasteiger partial charge on any atom is -0.493 e. The van der Waals surface area contributed by atoms with Gasteiger partial charge in [0.2, 0.25) is 15.7 Å². The average Bonchev–Trinajstić information content (AvgIpc) is 2.95. The first-order chi connectivity index (χ1) is 11.7. The molecule has 2 heterocycles. The molecule has 2 aromatic heterocycles. The van der Waals surface area contributed by atoms with Crippen LogP contribution in [0.5, 0.6) is 5.88 Å². The second kappa shape index (κ2) is 5.92. The van der Waals surface area contributed by atoms with Gasteiger partial charge in [0.15, 0.2) is 16.2 Å². The molecule has 0 radical (unpaired) electrons. The maximum absolute atomic E-state index is 13.0. The monoisotopic (exact) mass is 389 g/mol. The molecule has 25 heavy (non-hydrogen) atoms. The summed E-state index contributed by atoms with van der Waals surface area (Å²) in [6, 6.07) is 7.61. The predicted molar refractivity (Wildman–Crippen MR) is 83.3 cm³/mol. The highest BCUT2D eigenvalue weighted by molar-refractivity contribution is 7.99. The van der Waals surface area contributed by atoms with Gasteiger partial charge in [0.25, 0.3) is 0 Å². The summed E-state index contributed by atoms with van der Waals surface area (Å²) in [5, 5.41) is 13.6. The number of hydrogen-bond acceptors (Lipinski definition) is 6. The van der Waals surface area contributed by atoms with E-state index >= 15 is 0 Å². The van der Waals surface area contributed by atoms with E-state index in [1.807, 2.05) is 0 Å². The number of sulfone groups is 1. The Hall–Kier alpha value is -2.27. The number of benzene rings is 1. The van der Waals surface area contributed by atoms with Gasteiger partial charge in [-0.3, -0.25) is 0 Å². The minimum absolute atomic E-state index is 0.0639. The molecule has 0 aliphatic heterocycles. The maximum Gasteiger partial charge on any atom is 0.433 e. The van der Waals surface area contributed by atoms with Gasteiger partial charge in [-0.25, -0.2) is 13.4 Å². The summed E-state index contributed by atoms with van der Waals surface area (Å²) < 4.78 is 65.4. The fourth-order valence-corrected chi connectivity index (χ4v) is 4.61. The smallest absolute Gasteiger partial charge is 0.433 e. The van der Waals surface area contributed by atoms with Gasteiger partial charge in [0.05, 0.1) is 4.90 Å². The number of aromatic hydroxyl groups is 1. The molecule has 0 atom stereocenters. The van der Waals surface area contributed by atoms with Crippen molar-refractivity contribution in [1.82, 2.24) is 14.6 Å². The molecule has 0 unspecified atom stereocenters. The molecule has 0 fully saturated rings. The molecule has 6 nitrogen and oxygen atoms in total. The summed E-state index contributed by atoms with van der Waals surface area (Å²) in [6.45, 7) is 0. The van der Waals surface area contributed by atoms with E-state index in [0.717, 1.165) is 11.8 Å². The second-order valence-electron chi connectivity index (χ2n) is 4.89. The SMILES string of the molecule is CSc1nn2c(O)cc(C(F)(F)F)nc2c1S(=O)(=O)c1ccccc1. The van der Waals surface area contributed by atoms with E-state index in [-0.39, 0.29) is 9.92 Å². The molecule has 11 heteroatoms. The number of hydrogen-bond donors (Lipinski definition) is 1. The number of nitrogens with zero attached hydrogens (tertiary/aromatic N) is 3. The molecule has 132 valence electrons. The Morgan fingerprint density at radius 2 is 1.84 bits per heavy atom. The van der Waals surface area contributed by atoms with E-state index in [1.54, 1.807) is 6.07 Å². The molecule has 3 aromatic rings. The van der Waals surface area contributed by atoms with Crippen LogP contribution >= 0.6 is 11.8 Å². The fourth-order valence-electron chi connectivity index (χ4n) is 2.19. The number of rotatable bonds is 3. The zero-order valence-corrected chi connectivity index (χ0v) is 14.2. The van der Waals surface area contributed by atoms with E-state index in [1.165, 1.54) is 30.5 Å². The van der Waals surface area contributed by atoms with E-state index in [4.69, 9.17) is 0 Å². The van der Waals surface area contributed by atoms with E-state index < -0.39 is 38.1 Å². The summed E-state index contributed by atoms with van der Waals surface area (Å²) in [7, 11) is -4.19. The summed E-state index contributed by atoms with van der Waals surface area (Å²) in [4.78, 5) is 2.80. The van der Waals surface area contributed by atoms with Crippen molar-refractivity contribution in [2.75, 3.05) is 6.26 Å². The topological polar surface area (TPSA) is 84.6 Å². The number of aromatic nitrogens is 3. The van der Waals surface area contributed by atoms with Crippen LogP contribution < -0.4 is 0 Å². The highest BCUT2D eigenvalue weighted by atomic mass is 32.2. The maximum atomic E-state index is 13.0. The van der Waals surface area contributed by atoms with Gasteiger partial charge in [0, 0.05) is 6.07 Å². The highest BCUT2D eigenvalue weighted by Gasteiger charge is 2.36. The first-order valence-electron chi connectivity index (χ1n) is 6.70. The Morgan fingerprint density at radius 3 is 2.40 bits per heavy atom. The van der Waals surface area contributed by atoms with Crippen LogP contribution in [0.3, 0.4) is 0 Å². The van der Waals surface area contributed by atoms with Gasteiger partial charge in [-0.1, -0.05) is 18.2 Å². The molecule has 0 bridgehead atoms. The van der Waals surface area contributed by atoms with Crippen LogP contribution in [0.4, 0.5) is 13.2 Å². The number of fused-ring (bicyclic) bond motifs is 1. The molecule has 1 aromatic carbocycles. The van der Waals surface area contributed by atoms with E-state index in [0.29, 0.717) is 10.6 Å². The molecule has 0 aliphatic rings. The molecular formula is C14H10F3N3O3S2. The molecule has 0 saturated carbocycles. The first kappa shape index (κ1) is 17.5. The number of alkyl halides is 3.